The number of nitrogens with two attached hydrogens (primary N) is 1. The molecule has 0 spiro atoms. The van der Waals surface area contributed by atoms with E-state index in [1.807, 2.05) is 0 Å². The molecule has 0 saturated carbocycles. The summed E-state index contributed by atoms with van der Waals surface area (Å²) in [5.41, 5.74) is 7.06. The molecule has 1 nitrogen and oxygen atoms in total. The third kappa shape index (κ3) is 1.83. The molecule has 1 atom stereocenters. The molecule has 1 rings (SSSR count). The van der Waals surface area contributed by atoms with E-state index >= 15 is 0 Å². The maximum absolute atomic E-state index is 5.52. The first-order valence-electron chi connectivity index (χ1n) is 3.68. The van der Waals surface area contributed by atoms with Crippen LogP contribution in [-0.2, 0) is 0 Å². The largest absolute Gasteiger partial charge is 0.330 e. The summed E-state index contributed by atoms with van der Waals surface area (Å²) < 4.78 is 0. The molecule has 0 fully saturated rings. The minimum atomic E-state index is 0.772. The van der Waals surface area contributed by atoms with Crippen LogP contribution in [0.2, 0.25) is 0 Å². The summed E-state index contributed by atoms with van der Waals surface area (Å²) in [6, 6.07) is 0. The Hall–Kier alpha value is -0.300. The Bertz CT molecular complexity index is 116. The van der Waals surface area contributed by atoms with E-state index in [9.17, 15) is 0 Å². The number of allylic oxidation sites excluding steroid dienone is 2. The zero-order valence-corrected chi connectivity index (χ0v) is 6.06. The second kappa shape index (κ2) is 3.02. The van der Waals surface area contributed by atoms with E-state index in [1.165, 1.54) is 19.3 Å². The highest BCUT2D eigenvalue weighted by atomic mass is 14.5. The van der Waals surface area contributed by atoms with Gasteiger partial charge in [-0.1, -0.05) is 11.6 Å². The minimum Gasteiger partial charge on any atom is -0.330 e. The lowest BCUT2D eigenvalue weighted by atomic mass is 9.91. The van der Waals surface area contributed by atoms with E-state index in [0.29, 0.717) is 0 Å². The van der Waals surface area contributed by atoms with Gasteiger partial charge in [0, 0.05) is 0 Å². The van der Waals surface area contributed by atoms with Gasteiger partial charge in [-0.2, -0.15) is 0 Å². The highest BCUT2D eigenvalue weighted by Crippen LogP contribution is 2.21. The first-order valence-corrected chi connectivity index (χ1v) is 3.68. The van der Waals surface area contributed by atoms with Crippen molar-refractivity contribution < 1.29 is 0 Å². The second-order valence-corrected chi connectivity index (χ2v) is 2.93. The smallest absolute Gasteiger partial charge is 0.00458 e. The van der Waals surface area contributed by atoms with Crippen molar-refractivity contribution >= 4 is 0 Å². The van der Waals surface area contributed by atoms with Crippen molar-refractivity contribution in [1.29, 1.82) is 0 Å². The molecule has 2 N–H and O–H groups in total. The van der Waals surface area contributed by atoms with E-state index in [2.05, 4.69) is 13.0 Å². The normalized spacial score (nSPS) is 27.8. The molecule has 0 amide bonds. The highest BCUT2D eigenvalue weighted by Gasteiger charge is 2.09. The Morgan fingerprint density at radius 3 is 3.00 bits per heavy atom. The second-order valence-electron chi connectivity index (χ2n) is 2.93. The molecule has 0 heterocycles. The van der Waals surface area contributed by atoms with Crippen LogP contribution < -0.4 is 5.73 Å². The molecule has 1 aliphatic carbocycles. The monoisotopic (exact) mass is 125 g/mol. The predicted molar refractivity (Wildman–Crippen MR) is 40.2 cm³/mol. The molecule has 0 radical (unpaired) electrons. The molecule has 1 unspecified atom stereocenters. The molecule has 0 bridgehead atoms. The van der Waals surface area contributed by atoms with E-state index in [0.717, 1.165) is 12.5 Å². The zero-order chi connectivity index (χ0) is 6.69. The summed E-state index contributed by atoms with van der Waals surface area (Å²) >= 11 is 0. The van der Waals surface area contributed by atoms with Crippen LogP contribution in [0, 0.1) is 5.92 Å². The third-order valence-electron chi connectivity index (χ3n) is 2.08. The Labute approximate surface area is 56.9 Å². The average Bonchev–Trinajstić information content (AvgIpc) is 1.90. The lowest BCUT2D eigenvalue weighted by Gasteiger charge is -2.17. The molecular weight excluding hydrogens is 110 g/mol. The van der Waals surface area contributed by atoms with Crippen molar-refractivity contribution in [1.82, 2.24) is 0 Å². The quantitative estimate of drug-likeness (QED) is 0.530. The van der Waals surface area contributed by atoms with Gasteiger partial charge < -0.3 is 5.73 Å². The first-order chi connectivity index (χ1) is 4.33. The van der Waals surface area contributed by atoms with Crippen LogP contribution in [-0.4, -0.2) is 6.54 Å². The summed E-state index contributed by atoms with van der Waals surface area (Å²) in [6.07, 6.45) is 6.10. The summed E-state index contributed by atoms with van der Waals surface area (Å²) in [5, 5.41) is 0. The number of hydrogen-bond donors (Lipinski definition) is 1. The zero-order valence-electron chi connectivity index (χ0n) is 6.06. The fourth-order valence-corrected chi connectivity index (χ4v) is 1.23. The lowest BCUT2D eigenvalue weighted by Crippen LogP contribution is -2.15. The van der Waals surface area contributed by atoms with Crippen molar-refractivity contribution in [2.24, 2.45) is 11.7 Å². The van der Waals surface area contributed by atoms with Gasteiger partial charge >= 0.3 is 0 Å². The lowest BCUT2D eigenvalue weighted by molar-refractivity contribution is 0.480. The van der Waals surface area contributed by atoms with Crippen LogP contribution in [0.3, 0.4) is 0 Å². The molecule has 52 valence electrons. The van der Waals surface area contributed by atoms with Gasteiger partial charge in [-0.05, 0) is 38.6 Å². The maximum Gasteiger partial charge on any atom is -0.00458 e. The SMILES string of the molecule is CC1=CCC(CN)CC1. The topological polar surface area (TPSA) is 26.0 Å². The summed E-state index contributed by atoms with van der Waals surface area (Å²) in [5.74, 6) is 0.772. The average molecular weight is 125 g/mol. The molecule has 0 aromatic heterocycles. The maximum atomic E-state index is 5.52. The van der Waals surface area contributed by atoms with Gasteiger partial charge in [-0.15, -0.1) is 0 Å². The van der Waals surface area contributed by atoms with Gasteiger partial charge in [0.2, 0.25) is 0 Å². The Morgan fingerprint density at radius 2 is 2.56 bits per heavy atom. The molecule has 0 aromatic rings. The predicted octanol–water partition coefficient (Wildman–Crippen LogP) is 1.69. The van der Waals surface area contributed by atoms with Crippen molar-refractivity contribution in [3.63, 3.8) is 0 Å². The Balaban J connectivity index is 2.36. The first kappa shape index (κ1) is 6.81. The van der Waals surface area contributed by atoms with Crippen LogP contribution in [0.4, 0.5) is 0 Å². The standard InChI is InChI=1S/C8H15N/c1-7-2-4-8(6-9)5-3-7/h2,8H,3-6,9H2,1H3. The van der Waals surface area contributed by atoms with E-state index in [-0.39, 0.29) is 0 Å². The molecule has 0 aromatic carbocycles. The summed E-state index contributed by atoms with van der Waals surface area (Å²) in [6.45, 7) is 3.07. The fraction of sp³-hybridized carbons (Fsp3) is 0.750. The van der Waals surface area contributed by atoms with E-state index in [1.54, 1.807) is 5.57 Å². The molecule has 9 heavy (non-hydrogen) atoms. The molecular formula is C8H15N. The Morgan fingerprint density at radius 1 is 1.78 bits per heavy atom. The van der Waals surface area contributed by atoms with Crippen molar-refractivity contribution in [2.75, 3.05) is 6.54 Å². The number of rotatable bonds is 1. The van der Waals surface area contributed by atoms with Crippen LogP contribution in [0.5, 0.6) is 0 Å². The summed E-state index contributed by atoms with van der Waals surface area (Å²) in [7, 11) is 0. The van der Waals surface area contributed by atoms with Gasteiger partial charge in [0.1, 0.15) is 0 Å². The van der Waals surface area contributed by atoms with Crippen LogP contribution >= 0.6 is 0 Å². The molecule has 0 saturated heterocycles. The fourth-order valence-electron chi connectivity index (χ4n) is 1.23. The van der Waals surface area contributed by atoms with Crippen LogP contribution in [0.1, 0.15) is 26.2 Å². The highest BCUT2D eigenvalue weighted by molar-refractivity contribution is 5.02. The number of hydrogen-bond acceptors (Lipinski definition) is 1. The van der Waals surface area contributed by atoms with Crippen molar-refractivity contribution in [3.8, 4) is 0 Å². The summed E-state index contributed by atoms with van der Waals surface area (Å²) in [4.78, 5) is 0. The van der Waals surface area contributed by atoms with Gasteiger partial charge in [-0.3, -0.25) is 0 Å². The molecule has 1 aliphatic rings. The van der Waals surface area contributed by atoms with Gasteiger partial charge in [-0.25, -0.2) is 0 Å². The van der Waals surface area contributed by atoms with Crippen LogP contribution in [0.25, 0.3) is 0 Å². The van der Waals surface area contributed by atoms with Gasteiger partial charge in [0.15, 0.2) is 0 Å². The van der Waals surface area contributed by atoms with Gasteiger partial charge in [0.25, 0.3) is 0 Å². The van der Waals surface area contributed by atoms with Crippen LogP contribution in [0.15, 0.2) is 11.6 Å². The molecule has 1 heteroatoms. The van der Waals surface area contributed by atoms with E-state index < -0.39 is 0 Å². The van der Waals surface area contributed by atoms with Gasteiger partial charge in [0.05, 0.1) is 0 Å². The third-order valence-corrected chi connectivity index (χ3v) is 2.08. The minimum absolute atomic E-state index is 0.772. The molecule has 0 aliphatic heterocycles. The Kier molecular flexibility index (Phi) is 2.29. The van der Waals surface area contributed by atoms with Crippen molar-refractivity contribution in [3.05, 3.63) is 11.6 Å². The van der Waals surface area contributed by atoms with Crippen molar-refractivity contribution in [2.45, 2.75) is 26.2 Å². The van der Waals surface area contributed by atoms with E-state index in [4.69, 9.17) is 5.73 Å².